The molecule has 2 aromatic rings. The van der Waals surface area contributed by atoms with Crippen molar-refractivity contribution in [2.75, 3.05) is 11.5 Å². The standard InChI is InChI=1S/C7H6Br2N6/c8-1-2-4(9)13-6-3(12-2)5(10)14-7(11)15-6/h1H2,(H4,10,11,13,14,15). The van der Waals surface area contributed by atoms with Crippen LogP contribution in [0.1, 0.15) is 5.69 Å². The highest BCUT2D eigenvalue weighted by Gasteiger charge is 2.10. The Kier molecular flexibility index (Phi) is 2.70. The number of nitrogen functional groups attached to an aromatic ring is 2. The zero-order chi connectivity index (χ0) is 11.0. The van der Waals surface area contributed by atoms with E-state index >= 15 is 0 Å². The third kappa shape index (κ3) is 1.86. The first kappa shape index (κ1) is 10.5. The second-order valence-corrected chi connectivity index (χ2v) is 4.05. The number of rotatable bonds is 1. The lowest BCUT2D eigenvalue weighted by Gasteiger charge is -2.04. The van der Waals surface area contributed by atoms with Crippen molar-refractivity contribution < 1.29 is 0 Å². The fraction of sp³-hybridized carbons (Fsp3) is 0.143. The minimum absolute atomic E-state index is 0.0905. The number of hydrogen-bond acceptors (Lipinski definition) is 6. The Hall–Kier alpha value is -1.02. The molecule has 2 rings (SSSR count). The first-order chi connectivity index (χ1) is 7.11. The van der Waals surface area contributed by atoms with Gasteiger partial charge in [0.25, 0.3) is 0 Å². The third-order valence-electron chi connectivity index (χ3n) is 1.73. The molecule has 0 saturated heterocycles. The van der Waals surface area contributed by atoms with Gasteiger partial charge in [-0.05, 0) is 15.9 Å². The van der Waals surface area contributed by atoms with E-state index in [1.807, 2.05) is 0 Å². The van der Waals surface area contributed by atoms with Crippen molar-refractivity contribution in [2.24, 2.45) is 0 Å². The number of nitrogens with two attached hydrogens (primary N) is 2. The largest absolute Gasteiger partial charge is 0.382 e. The molecular formula is C7H6Br2N6. The molecule has 2 aromatic heterocycles. The van der Waals surface area contributed by atoms with Gasteiger partial charge < -0.3 is 11.5 Å². The van der Waals surface area contributed by atoms with Crippen LogP contribution in [0.25, 0.3) is 11.2 Å². The topological polar surface area (TPSA) is 104 Å². The van der Waals surface area contributed by atoms with Crippen LogP contribution < -0.4 is 11.5 Å². The van der Waals surface area contributed by atoms with E-state index in [1.165, 1.54) is 0 Å². The van der Waals surface area contributed by atoms with Crippen molar-refractivity contribution in [3.63, 3.8) is 0 Å². The van der Waals surface area contributed by atoms with Gasteiger partial charge in [-0.15, -0.1) is 0 Å². The van der Waals surface area contributed by atoms with Crippen molar-refractivity contribution >= 4 is 54.8 Å². The summed E-state index contributed by atoms with van der Waals surface area (Å²) in [5.74, 6) is 0.326. The lowest BCUT2D eigenvalue weighted by atomic mass is 10.4. The molecule has 0 aliphatic rings. The highest BCUT2D eigenvalue weighted by atomic mass is 79.9. The lowest BCUT2D eigenvalue weighted by molar-refractivity contribution is 1.09. The monoisotopic (exact) mass is 332 g/mol. The summed E-state index contributed by atoms with van der Waals surface area (Å²) in [6.45, 7) is 0. The summed E-state index contributed by atoms with van der Waals surface area (Å²) in [5.41, 5.74) is 12.7. The summed E-state index contributed by atoms with van der Waals surface area (Å²) >= 11 is 6.58. The van der Waals surface area contributed by atoms with Crippen molar-refractivity contribution in [3.8, 4) is 0 Å². The number of halogens is 2. The maximum atomic E-state index is 5.67. The zero-order valence-electron chi connectivity index (χ0n) is 7.41. The number of aromatic nitrogens is 4. The first-order valence-corrected chi connectivity index (χ1v) is 5.84. The normalized spacial score (nSPS) is 10.8. The number of anilines is 2. The molecule has 0 unspecified atom stereocenters. The summed E-state index contributed by atoms with van der Waals surface area (Å²) in [4.78, 5) is 16.2. The fourth-order valence-electron chi connectivity index (χ4n) is 1.09. The van der Waals surface area contributed by atoms with E-state index in [-0.39, 0.29) is 11.8 Å². The summed E-state index contributed by atoms with van der Waals surface area (Å²) in [5, 5.41) is 0.570. The molecule has 0 fully saturated rings. The van der Waals surface area contributed by atoms with Crippen molar-refractivity contribution in [1.29, 1.82) is 0 Å². The average Bonchev–Trinajstić information content (AvgIpc) is 2.16. The highest BCUT2D eigenvalue weighted by Crippen LogP contribution is 2.21. The van der Waals surface area contributed by atoms with Crippen LogP contribution in [-0.4, -0.2) is 19.9 Å². The van der Waals surface area contributed by atoms with Gasteiger partial charge in [0.2, 0.25) is 5.95 Å². The molecule has 4 N–H and O–H groups in total. The van der Waals surface area contributed by atoms with Crippen molar-refractivity contribution in [1.82, 2.24) is 19.9 Å². The molecule has 8 heteroatoms. The molecular weight excluding hydrogens is 328 g/mol. The Labute approximate surface area is 102 Å². The van der Waals surface area contributed by atoms with E-state index in [2.05, 4.69) is 51.8 Å². The molecule has 2 heterocycles. The Morgan fingerprint density at radius 3 is 2.47 bits per heavy atom. The molecule has 0 aliphatic heterocycles. The van der Waals surface area contributed by atoms with Gasteiger partial charge in [0, 0.05) is 5.33 Å². The van der Waals surface area contributed by atoms with E-state index in [9.17, 15) is 0 Å². The predicted octanol–water partition coefficient (Wildman–Crippen LogP) is 1.24. The van der Waals surface area contributed by atoms with Crippen LogP contribution in [0.2, 0.25) is 0 Å². The van der Waals surface area contributed by atoms with Crippen LogP contribution in [0, 0.1) is 0 Å². The van der Waals surface area contributed by atoms with Gasteiger partial charge in [-0.1, -0.05) is 15.9 Å². The molecule has 0 aromatic carbocycles. The summed E-state index contributed by atoms with van der Waals surface area (Å²) < 4.78 is 0.615. The van der Waals surface area contributed by atoms with E-state index in [0.29, 0.717) is 21.1 Å². The Balaban J connectivity index is 2.81. The second-order valence-electron chi connectivity index (χ2n) is 2.73. The number of nitrogens with zero attached hydrogens (tertiary/aromatic N) is 4. The van der Waals surface area contributed by atoms with E-state index < -0.39 is 0 Å². The van der Waals surface area contributed by atoms with Gasteiger partial charge in [0.15, 0.2) is 17.0 Å². The Morgan fingerprint density at radius 2 is 1.80 bits per heavy atom. The van der Waals surface area contributed by atoms with Gasteiger partial charge in [-0.2, -0.15) is 9.97 Å². The van der Waals surface area contributed by atoms with Gasteiger partial charge >= 0.3 is 0 Å². The maximum Gasteiger partial charge on any atom is 0.224 e. The maximum absolute atomic E-state index is 5.67. The molecule has 0 spiro atoms. The van der Waals surface area contributed by atoms with Gasteiger partial charge in [-0.25, -0.2) is 9.97 Å². The summed E-state index contributed by atoms with van der Waals surface area (Å²) in [6, 6.07) is 0. The second kappa shape index (κ2) is 3.86. The highest BCUT2D eigenvalue weighted by molar-refractivity contribution is 9.10. The average molecular weight is 334 g/mol. The SMILES string of the molecule is Nc1nc(N)c2nc(CBr)c(Br)nc2n1. The third-order valence-corrected chi connectivity index (χ3v) is 2.89. The molecule has 78 valence electrons. The van der Waals surface area contributed by atoms with Gasteiger partial charge in [0.1, 0.15) is 4.60 Å². The molecule has 6 nitrogen and oxygen atoms in total. The molecule has 15 heavy (non-hydrogen) atoms. The van der Waals surface area contributed by atoms with Crippen LogP contribution in [-0.2, 0) is 5.33 Å². The van der Waals surface area contributed by atoms with Crippen molar-refractivity contribution in [3.05, 3.63) is 10.3 Å². The van der Waals surface area contributed by atoms with Crippen molar-refractivity contribution in [2.45, 2.75) is 5.33 Å². The van der Waals surface area contributed by atoms with Crippen LogP contribution in [0.5, 0.6) is 0 Å². The number of alkyl halides is 1. The zero-order valence-corrected chi connectivity index (χ0v) is 10.6. The summed E-state index contributed by atoms with van der Waals surface area (Å²) in [6.07, 6.45) is 0. The van der Waals surface area contributed by atoms with Crippen LogP contribution in [0.3, 0.4) is 0 Å². The van der Waals surface area contributed by atoms with Gasteiger partial charge in [0.05, 0.1) is 5.69 Å². The number of hydrogen-bond donors (Lipinski definition) is 2. The van der Waals surface area contributed by atoms with Gasteiger partial charge in [-0.3, -0.25) is 0 Å². The Bertz CT molecular complexity index is 528. The van der Waals surface area contributed by atoms with Crippen LogP contribution in [0.4, 0.5) is 11.8 Å². The fourth-order valence-corrected chi connectivity index (χ4v) is 2.25. The molecule has 0 radical (unpaired) electrons. The smallest absolute Gasteiger partial charge is 0.224 e. The van der Waals surface area contributed by atoms with E-state index in [4.69, 9.17) is 11.5 Å². The van der Waals surface area contributed by atoms with E-state index in [1.54, 1.807) is 0 Å². The lowest BCUT2D eigenvalue weighted by Crippen LogP contribution is -2.04. The molecule has 0 atom stereocenters. The molecule has 0 aliphatic carbocycles. The van der Waals surface area contributed by atoms with Crippen LogP contribution >= 0.6 is 31.9 Å². The van der Waals surface area contributed by atoms with E-state index in [0.717, 1.165) is 5.69 Å². The molecule has 0 amide bonds. The summed E-state index contributed by atoms with van der Waals surface area (Å²) in [7, 11) is 0. The molecule has 0 saturated carbocycles. The Morgan fingerprint density at radius 1 is 1.07 bits per heavy atom. The first-order valence-electron chi connectivity index (χ1n) is 3.93. The quantitative estimate of drug-likeness (QED) is 0.761. The molecule has 0 bridgehead atoms. The minimum atomic E-state index is 0.0905. The minimum Gasteiger partial charge on any atom is -0.382 e. The predicted molar refractivity (Wildman–Crippen MR) is 64.3 cm³/mol. The number of fused-ring (bicyclic) bond motifs is 1. The van der Waals surface area contributed by atoms with Crippen LogP contribution in [0.15, 0.2) is 4.60 Å².